The molecule has 0 radical (unpaired) electrons. The van der Waals surface area contributed by atoms with Crippen molar-refractivity contribution in [3.05, 3.63) is 53.5 Å². The third-order valence-corrected chi connectivity index (χ3v) is 6.73. The second-order valence-electron chi connectivity index (χ2n) is 7.19. The summed E-state index contributed by atoms with van der Waals surface area (Å²) in [4.78, 5) is 4.37. The zero-order chi connectivity index (χ0) is 18.9. The van der Waals surface area contributed by atoms with Gasteiger partial charge in [0.25, 0.3) is 10.2 Å². The zero-order valence-corrected chi connectivity index (χ0v) is 16.1. The fourth-order valence-corrected chi connectivity index (χ4v) is 4.56. The summed E-state index contributed by atoms with van der Waals surface area (Å²) >= 11 is 0. The lowest BCUT2D eigenvalue weighted by Crippen LogP contribution is -2.50. The molecule has 3 rings (SSSR count). The van der Waals surface area contributed by atoms with E-state index >= 15 is 0 Å². The predicted molar refractivity (Wildman–Crippen MR) is 96.5 cm³/mol. The summed E-state index contributed by atoms with van der Waals surface area (Å²) in [6.45, 7) is 2.76. The Hall–Kier alpha value is -1.77. The number of oxazole rings is 1. The average Bonchev–Trinajstić information content (AvgIpc) is 3.06. The number of nitrogens with zero attached hydrogens (tertiary/aromatic N) is 3. The maximum Gasteiger partial charge on any atom is 0.281 e. The molecule has 0 amide bonds. The smallest absolute Gasteiger partial charge is 0.281 e. The Morgan fingerprint density at radius 2 is 2.08 bits per heavy atom. The van der Waals surface area contributed by atoms with Gasteiger partial charge in [-0.2, -0.15) is 17.0 Å². The number of rotatable bonds is 5. The quantitative estimate of drug-likeness (QED) is 0.798. The molecule has 1 aromatic carbocycles. The third kappa shape index (κ3) is 3.67. The van der Waals surface area contributed by atoms with E-state index in [-0.39, 0.29) is 5.82 Å². The van der Waals surface area contributed by atoms with Crippen LogP contribution in [0.3, 0.4) is 0 Å². The lowest BCUT2D eigenvalue weighted by molar-refractivity contribution is 0.196. The highest BCUT2D eigenvalue weighted by Gasteiger charge is 2.41. The average molecular weight is 381 g/mol. The van der Waals surface area contributed by atoms with Crippen molar-refractivity contribution in [3.8, 4) is 0 Å². The molecule has 142 valence electrons. The molecule has 6 nitrogen and oxygen atoms in total. The molecule has 0 N–H and O–H groups in total. The highest BCUT2D eigenvalue weighted by atomic mass is 32.2. The number of piperidine rings is 1. The normalized spacial score (nSPS) is 22.0. The summed E-state index contributed by atoms with van der Waals surface area (Å²) in [5, 5.41) is 0. The van der Waals surface area contributed by atoms with Gasteiger partial charge in [0.05, 0.1) is 11.6 Å². The van der Waals surface area contributed by atoms with Crippen molar-refractivity contribution in [2.45, 2.75) is 31.6 Å². The zero-order valence-electron chi connectivity index (χ0n) is 15.3. The van der Waals surface area contributed by atoms with Gasteiger partial charge < -0.3 is 4.42 Å². The minimum atomic E-state index is -3.48. The maximum atomic E-state index is 13.8. The van der Waals surface area contributed by atoms with Crippen molar-refractivity contribution < 1.29 is 17.2 Å². The Labute approximate surface area is 153 Å². The van der Waals surface area contributed by atoms with Crippen molar-refractivity contribution in [1.82, 2.24) is 13.6 Å². The molecule has 1 atom stereocenters. The molecule has 1 aromatic heterocycles. The Kier molecular flexibility index (Phi) is 5.18. The topological polar surface area (TPSA) is 66.7 Å². The minimum absolute atomic E-state index is 0.280. The van der Waals surface area contributed by atoms with Crippen LogP contribution in [0.25, 0.3) is 0 Å². The molecule has 1 aliphatic rings. The summed E-state index contributed by atoms with van der Waals surface area (Å²) in [6, 6.07) is 6.56. The summed E-state index contributed by atoms with van der Waals surface area (Å²) in [7, 11) is -0.425. The summed E-state index contributed by atoms with van der Waals surface area (Å²) in [5.41, 5.74) is 0.0373. The molecule has 1 saturated heterocycles. The lowest BCUT2D eigenvalue weighted by Gasteiger charge is -2.38. The molecule has 8 heteroatoms. The molecule has 0 aliphatic carbocycles. The van der Waals surface area contributed by atoms with E-state index in [0.29, 0.717) is 36.7 Å². The molecule has 2 heterocycles. The molecule has 1 aliphatic heterocycles. The van der Waals surface area contributed by atoms with Gasteiger partial charge in [-0.05, 0) is 31.4 Å². The lowest BCUT2D eigenvalue weighted by atomic mass is 9.83. The molecule has 2 aromatic rings. The van der Waals surface area contributed by atoms with Crippen molar-refractivity contribution in [2.75, 3.05) is 27.2 Å². The van der Waals surface area contributed by atoms with Crippen LogP contribution in [0.1, 0.15) is 37.0 Å². The van der Waals surface area contributed by atoms with E-state index in [9.17, 15) is 12.8 Å². The van der Waals surface area contributed by atoms with Gasteiger partial charge in [-0.1, -0.05) is 18.2 Å². The van der Waals surface area contributed by atoms with Gasteiger partial charge in [0, 0.05) is 33.6 Å². The Morgan fingerprint density at radius 3 is 2.77 bits per heavy atom. The van der Waals surface area contributed by atoms with Crippen LogP contribution < -0.4 is 0 Å². The van der Waals surface area contributed by atoms with Gasteiger partial charge >= 0.3 is 0 Å². The molecule has 0 unspecified atom stereocenters. The van der Waals surface area contributed by atoms with E-state index in [2.05, 4.69) is 4.98 Å². The highest BCUT2D eigenvalue weighted by molar-refractivity contribution is 7.86. The summed E-state index contributed by atoms with van der Waals surface area (Å²) < 4.78 is 47.3. The maximum absolute atomic E-state index is 13.8. The van der Waals surface area contributed by atoms with Crippen LogP contribution >= 0.6 is 0 Å². The Balaban J connectivity index is 1.80. The standard InChI is InChI=1S/C18H24FN3O3S/c1-18(9-6-10-22(13-18)26(23,24)21(2)3)17-20-12-15(25-17)11-14-7-4-5-8-16(14)19/h4-5,7-8,12H,6,9-11,13H2,1-3H3/t18-/m0/s1. The third-order valence-electron chi connectivity index (χ3n) is 4.84. The van der Waals surface area contributed by atoms with Crippen LogP contribution in [-0.2, 0) is 22.0 Å². The van der Waals surface area contributed by atoms with Crippen LogP contribution in [0.2, 0.25) is 0 Å². The second kappa shape index (κ2) is 7.09. The van der Waals surface area contributed by atoms with E-state index in [1.54, 1.807) is 24.4 Å². The molecule has 0 spiro atoms. The van der Waals surface area contributed by atoms with Gasteiger partial charge in [0.15, 0.2) is 0 Å². The van der Waals surface area contributed by atoms with E-state index in [0.717, 1.165) is 12.8 Å². The van der Waals surface area contributed by atoms with Crippen LogP contribution in [-0.4, -0.2) is 49.2 Å². The first-order valence-electron chi connectivity index (χ1n) is 8.58. The first-order chi connectivity index (χ1) is 12.2. The van der Waals surface area contributed by atoms with Crippen molar-refractivity contribution in [2.24, 2.45) is 0 Å². The van der Waals surface area contributed by atoms with Gasteiger partial charge in [-0.3, -0.25) is 0 Å². The second-order valence-corrected chi connectivity index (χ2v) is 9.33. The highest BCUT2D eigenvalue weighted by Crippen LogP contribution is 2.35. The van der Waals surface area contributed by atoms with Gasteiger partial charge in [-0.25, -0.2) is 9.37 Å². The minimum Gasteiger partial charge on any atom is -0.445 e. The molecule has 26 heavy (non-hydrogen) atoms. The Morgan fingerprint density at radius 1 is 1.35 bits per heavy atom. The number of halogens is 1. The van der Waals surface area contributed by atoms with Gasteiger partial charge in [-0.15, -0.1) is 0 Å². The SMILES string of the molecule is CN(C)S(=O)(=O)N1CCC[C@](C)(c2ncc(Cc3ccccc3F)o2)C1. The van der Waals surface area contributed by atoms with Crippen molar-refractivity contribution in [1.29, 1.82) is 0 Å². The van der Waals surface area contributed by atoms with Crippen molar-refractivity contribution >= 4 is 10.2 Å². The fourth-order valence-electron chi connectivity index (χ4n) is 3.29. The van der Waals surface area contributed by atoms with Crippen LogP contribution in [0.4, 0.5) is 4.39 Å². The predicted octanol–water partition coefficient (Wildman–Crippen LogP) is 2.56. The first-order valence-corrected chi connectivity index (χ1v) is 9.98. The largest absolute Gasteiger partial charge is 0.445 e. The first kappa shape index (κ1) is 19.0. The molecular formula is C18H24FN3O3S. The molecule has 0 bridgehead atoms. The molecule has 0 saturated carbocycles. The van der Waals surface area contributed by atoms with E-state index in [1.807, 2.05) is 6.92 Å². The van der Waals surface area contributed by atoms with E-state index < -0.39 is 15.6 Å². The number of hydrogen-bond acceptors (Lipinski definition) is 4. The summed E-state index contributed by atoms with van der Waals surface area (Å²) in [6.07, 6.45) is 3.43. The van der Waals surface area contributed by atoms with Crippen LogP contribution in [0.5, 0.6) is 0 Å². The monoisotopic (exact) mass is 381 g/mol. The molecule has 1 fully saturated rings. The number of benzene rings is 1. The van der Waals surface area contributed by atoms with E-state index in [1.165, 1.54) is 28.8 Å². The fraction of sp³-hybridized carbons (Fsp3) is 0.500. The van der Waals surface area contributed by atoms with Crippen molar-refractivity contribution in [3.63, 3.8) is 0 Å². The Bertz CT molecular complexity index is 881. The van der Waals surface area contributed by atoms with Gasteiger partial charge in [0.1, 0.15) is 11.6 Å². The number of aromatic nitrogens is 1. The number of hydrogen-bond donors (Lipinski definition) is 0. The van der Waals surface area contributed by atoms with Crippen LogP contribution in [0, 0.1) is 5.82 Å². The summed E-state index contributed by atoms with van der Waals surface area (Å²) in [5.74, 6) is 0.791. The van der Waals surface area contributed by atoms with Gasteiger partial charge in [0.2, 0.25) is 5.89 Å². The van der Waals surface area contributed by atoms with E-state index in [4.69, 9.17) is 4.42 Å². The van der Waals surface area contributed by atoms with Crippen LogP contribution in [0.15, 0.2) is 34.9 Å². The molecular weight excluding hydrogens is 357 g/mol.